The van der Waals surface area contributed by atoms with Crippen LogP contribution >= 0.6 is 27.5 Å². The van der Waals surface area contributed by atoms with Crippen molar-refractivity contribution in [2.75, 3.05) is 26.2 Å². The number of hydrogen-bond acceptors (Lipinski definition) is 4. The van der Waals surface area contributed by atoms with Gasteiger partial charge in [-0.1, -0.05) is 27.5 Å². The highest BCUT2D eigenvalue weighted by atomic mass is 79.9. The fraction of sp³-hybridized carbons (Fsp3) is 0.571. The molecule has 1 aromatic rings. The molecule has 0 spiro atoms. The highest BCUT2D eigenvalue weighted by molar-refractivity contribution is 9.10. The van der Waals surface area contributed by atoms with Gasteiger partial charge in [-0.3, -0.25) is 4.90 Å². The number of halogens is 2. The second-order valence-corrected chi connectivity index (χ2v) is 8.86. The molecule has 2 atom stereocenters. The van der Waals surface area contributed by atoms with Crippen LogP contribution in [0.3, 0.4) is 0 Å². The van der Waals surface area contributed by atoms with Crippen LogP contribution in [0.15, 0.2) is 27.6 Å². The lowest BCUT2D eigenvalue weighted by molar-refractivity contribution is 0.0699. The number of hydrogen-bond donors (Lipinski definition) is 1. The van der Waals surface area contributed by atoms with E-state index in [1.807, 2.05) is 6.92 Å². The minimum absolute atomic E-state index is 0.0485. The number of piperazine rings is 1. The molecule has 1 aromatic carbocycles. The zero-order valence-electron chi connectivity index (χ0n) is 12.5. The first-order chi connectivity index (χ1) is 10.2. The Balaban J connectivity index is 2.18. The Morgan fingerprint density at radius 3 is 2.68 bits per heavy atom. The molecule has 1 aliphatic heterocycles. The van der Waals surface area contributed by atoms with E-state index >= 15 is 0 Å². The maximum Gasteiger partial charge on any atom is 0.244 e. The maximum absolute atomic E-state index is 12.8. The first kappa shape index (κ1) is 18.2. The topological polar surface area (TPSA) is 60.9 Å². The van der Waals surface area contributed by atoms with E-state index in [0.29, 0.717) is 26.2 Å². The van der Waals surface area contributed by atoms with Gasteiger partial charge in [0.25, 0.3) is 0 Å². The molecule has 0 aromatic heterocycles. The van der Waals surface area contributed by atoms with Gasteiger partial charge in [0.1, 0.15) is 4.90 Å². The summed E-state index contributed by atoms with van der Waals surface area (Å²) < 4.78 is 27.7. The van der Waals surface area contributed by atoms with E-state index in [9.17, 15) is 13.5 Å². The Morgan fingerprint density at radius 1 is 1.45 bits per heavy atom. The Labute approximate surface area is 145 Å². The second kappa shape index (κ2) is 7.15. The lowest BCUT2D eigenvalue weighted by atomic mass is 10.2. The lowest BCUT2D eigenvalue weighted by Crippen LogP contribution is -2.54. The molecular formula is C14H20BrClN2O3S. The van der Waals surface area contributed by atoms with E-state index in [1.165, 1.54) is 10.4 Å². The molecule has 1 saturated heterocycles. The monoisotopic (exact) mass is 410 g/mol. The number of sulfonamides is 1. The molecule has 1 N–H and O–H groups in total. The summed E-state index contributed by atoms with van der Waals surface area (Å²) in [4.78, 5) is 2.23. The van der Waals surface area contributed by atoms with E-state index in [2.05, 4.69) is 20.8 Å². The number of benzene rings is 1. The fourth-order valence-electron chi connectivity index (χ4n) is 2.61. The Bertz CT molecular complexity index is 639. The summed E-state index contributed by atoms with van der Waals surface area (Å²) in [5.41, 5.74) is 0. The van der Waals surface area contributed by atoms with Crippen molar-refractivity contribution < 1.29 is 13.5 Å². The predicted molar refractivity (Wildman–Crippen MR) is 90.6 cm³/mol. The standard InChI is InChI=1S/C14H20BrClN2O3S/c1-10-8-18(6-5-17(10)9-11(2)19)22(20,21)14-4-3-12(15)7-13(14)16/h3-4,7,10-11,19H,5-6,8-9H2,1-2H3/t10-,11+/m0/s1. The van der Waals surface area contributed by atoms with Gasteiger partial charge in [0.2, 0.25) is 10.0 Å². The van der Waals surface area contributed by atoms with Crippen LogP contribution in [0.5, 0.6) is 0 Å². The Kier molecular flexibility index (Phi) is 5.90. The van der Waals surface area contributed by atoms with Gasteiger partial charge in [-0.2, -0.15) is 4.31 Å². The van der Waals surface area contributed by atoms with Gasteiger partial charge in [-0.25, -0.2) is 8.42 Å². The first-order valence-electron chi connectivity index (χ1n) is 7.09. The zero-order chi connectivity index (χ0) is 16.5. The van der Waals surface area contributed by atoms with Crippen molar-refractivity contribution in [2.45, 2.75) is 30.9 Å². The molecule has 0 unspecified atom stereocenters. The van der Waals surface area contributed by atoms with Crippen LogP contribution in [-0.4, -0.2) is 61.1 Å². The smallest absolute Gasteiger partial charge is 0.244 e. The molecule has 8 heteroatoms. The summed E-state index contributed by atoms with van der Waals surface area (Å²) in [5.74, 6) is 0. The normalized spacial score (nSPS) is 22.7. The SMILES string of the molecule is C[C@@H](O)CN1CCN(S(=O)(=O)c2ccc(Br)cc2Cl)C[C@@H]1C. The van der Waals surface area contributed by atoms with Gasteiger partial charge in [-0.15, -0.1) is 0 Å². The van der Waals surface area contributed by atoms with Crippen LogP contribution in [0.4, 0.5) is 0 Å². The van der Waals surface area contributed by atoms with Gasteiger partial charge >= 0.3 is 0 Å². The number of β-amino-alcohol motifs (C(OH)–C–C–N with tert-alkyl or cyclic N) is 1. The van der Waals surface area contributed by atoms with Crippen LogP contribution in [0, 0.1) is 0 Å². The largest absolute Gasteiger partial charge is 0.392 e. The summed E-state index contributed by atoms with van der Waals surface area (Å²) in [7, 11) is -3.60. The van der Waals surface area contributed by atoms with E-state index in [-0.39, 0.29) is 16.0 Å². The Hall–Kier alpha value is -0.180. The third kappa shape index (κ3) is 4.01. The molecule has 22 heavy (non-hydrogen) atoms. The van der Waals surface area contributed by atoms with E-state index < -0.39 is 16.1 Å². The van der Waals surface area contributed by atoms with Crippen molar-refractivity contribution >= 4 is 37.6 Å². The van der Waals surface area contributed by atoms with Crippen LogP contribution in [0.25, 0.3) is 0 Å². The Morgan fingerprint density at radius 2 is 2.14 bits per heavy atom. The van der Waals surface area contributed by atoms with E-state index in [4.69, 9.17) is 11.6 Å². The molecule has 0 aliphatic carbocycles. The van der Waals surface area contributed by atoms with Crippen LogP contribution in [0.1, 0.15) is 13.8 Å². The minimum atomic E-state index is -3.60. The van der Waals surface area contributed by atoms with Gasteiger partial charge in [0.15, 0.2) is 0 Å². The van der Waals surface area contributed by atoms with Crippen molar-refractivity contribution in [3.05, 3.63) is 27.7 Å². The van der Waals surface area contributed by atoms with Crippen LogP contribution < -0.4 is 0 Å². The van der Waals surface area contributed by atoms with E-state index in [1.54, 1.807) is 19.1 Å². The lowest BCUT2D eigenvalue weighted by Gasteiger charge is -2.39. The summed E-state index contributed by atoms with van der Waals surface area (Å²) in [6, 6.07) is 4.83. The fourth-order valence-corrected chi connectivity index (χ4v) is 5.14. The summed E-state index contributed by atoms with van der Waals surface area (Å²) in [6.45, 7) is 5.63. The van der Waals surface area contributed by atoms with Crippen molar-refractivity contribution in [3.8, 4) is 0 Å². The molecule has 2 rings (SSSR count). The molecular weight excluding hydrogens is 392 g/mol. The highest BCUT2D eigenvalue weighted by Gasteiger charge is 2.33. The maximum atomic E-state index is 12.8. The van der Waals surface area contributed by atoms with Crippen LogP contribution in [-0.2, 0) is 10.0 Å². The van der Waals surface area contributed by atoms with Gasteiger partial charge in [-0.05, 0) is 32.0 Å². The molecule has 0 radical (unpaired) electrons. The quantitative estimate of drug-likeness (QED) is 0.825. The molecule has 0 saturated carbocycles. The van der Waals surface area contributed by atoms with Gasteiger partial charge in [0.05, 0.1) is 11.1 Å². The summed E-state index contributed by atoms with van der Waals surface area (Å²) in [6.07, 6.45) is -0.425. The predicted octanol–water partition coefficient (Wildman–Crippen LogP) is 2.18. The average Bonchev–Trinajstić information content (AvgIpc) is 2.40. The number of nitrogens with zero attached hydrogens (tertiary/aromatic N) is 2. The third-order valence-corrected chi connectivity index (χ3v) is 6.58. The number of rotatable bonds is 4. The van der Waals surface area contributed by atoms with Gasteiger partial charge < -0.3 is 5.11 Å². The molecule has 1 fully saturated rings. The average molecular weight is 412 g/mol. The van der Waals surface area contributed by atoms with Crippen LogP contribution in [0.2, 0.25) is 5.02 Å². The minimum Gasteiger partial charge on any atom is -0.392 e. The zero-order valence-corrected chi connectivity index (χ0v) is 15.7. The van der Waals surface area contributed by atoms with Crippen molar-refractivity contribution in [1.82, 2.24) is 9.21 Å². The number of aliphatic hydroxyl groups excluding tert-OH is 1. The van der Waals surface area contributed by atoms with Crippen molar-refractivity contribution in [2.24, 2.45) is 0 Å². The summed E-state index contributed by atoms with van der Waals surface area (Å²) >= 11 is 9.36. The first-order valence-corrected chi connectivity index (χ1v) is 9.70. The van der Waals surface area contributed by atoms with E-state index in [0.717, 1.165) is 4.47 Å². The highest BCUT2D eigenvalue weighted by Crippen LogP contribution is 2.29. The van der Waals surface area contributed by atoms with Gasteiger partial charge in [0, 0.05) is 36.7 Å². The molecule has 0 amide bonds. The molecule has 5 nitrogen and oxygen atoms in total. The van der Waals surface area contributed by atoms with Crippen molar-refractivity contribution in [3.63, 3.8) is 0 Å². The molecule has 1 heterocycles. The number of aliphatic hydroxyl groups is 1. The summed E-state index contributed by atoms with van der Waals surface area (Å²) in [5, 5.41) is 9.71. The molecule has 1 aliphatic rings. The molecule has 124 valence electrons. The third-order valence-electron chi connectivity index (χ3n) is 3.74. The second-order valence-electron chi connectivity index (χ2n) is 5.63. The van der Waals surface area contributed by atoms with Crippen molar-refractivity contribution in [1.29, 1.82) is 0 Å². The molecule has 0 bridgehead atoms.